The molecule has 0 spiro atoms. The monoisotopic (exact) mass is 397 g/mol. The first-order valence-electron chi connectivity index (χ1n) is 9.47. The minimum absolute atomic E-state index is 0. The van der Waals surface area contributed by atoms with Crippen LogP contribution in [0.4, 0.5) is 0 Å². The molecule has 0 amide bonds. The fourth-order valence-electron chi connectivity index (χ4n) is 3.68. The summed E-state index contributed by atoms with van der Waals surface area (Å²) in [6.45, 7) is 0. The van der Waals surface area contributed by atoms with Gasteiger partial charge in [0.25, 0.3) is 0 Å². The molecule has 2 heterocycles. The first kappa shape index (κ1) is 20.3. The van der Waals surface area contributed by atoms with Crippen molar-refractivity contribution in [3.8, 4) is 11.5 Å². The van der Waals surface area contributed by atoms with Crippen molar-refractivity contribution in [2.24, 2.45) is 0 Å². The zero-order valence-electron chi connectivity index (χ0n) is 16.6. The van der Waals surface area contributed by atoms with Crippen LogP contribution in [0.5, 0.6) is 11.5 Å². The summed E-state index contributed by atoms with van der Waals surface area (Å²) in [5, 5.41) is 25.2. The van der Waals surface area contributed by atoms with Gasteiger partial charge < -0.3 is 20.2 Å². The first-order valence-corrected chi connectivity index (χ1v) is 9.47. The molecule has 144 valence electrons. The normalized spacial score (nSPS) is 10.6. The van der Waals surface area contributed by atoms with E-state index in [1.54, 1.807) is 24.3 Å². The minimum atomic E-state index is 0. The number of benzene rings is 4. The molecule has 0 atom stereocenters. The van der Waals surface area contributed by atoms with Crippen LogP contribution in [0.25, 0.3) is 43.4 Å². The van der Waals surface area contributed by atoms with E-state index in [1.807, 2.05) is 60.7 Å². The molecule has 6 rings (SSSR count). The Morgan fingerprint density at radius 2 is 0.935 bits per heavy atom. The van der Waals surface area contributed by atoms with Gasteiger partial charge in [-0.1, -0.05) is 60.9 Å². The molecule has 5 heteroatoms. The molecule has 0 aliphatic heterocycles. The van der Waals surface area contributed by atoms with E-state index >= 15 is 0 Å². The third-order valence-corrected chi connectivity index (χ3v) is 5.08. The van der Waals surface area contributed by atoms with Crippen LogP contribution in [0.2, 0.25) is 0 Å². The Balaban J connectivity index is 0.000000144. The van der Waals surface area contributed by atoms with Crippen LogP contribution in [0, 0.1) is 12.4 Å². The molecular weight excluding hydrogens is 381 g/mol. The predicted molar refractivity (Wildman–Crippen MR) is 125 cm³/mol. The van der Waals surface area contributed by atoms with E-state index in [2.05, 4.69) is 22.4 Å². The van der Waals surface area contributed by atoms with Crippen molar-refractivity contribution >= 4 is 53.5 Å². The van der Waals surface area contributed by atoms with Crippen molar-refractivity contribution in [2.75, 3.05) is 0 Å². The number of hydrogen-bond acceptors (Lipinski definition) is 4. The third-order valence-electron chi connectivity index (χ3n) is 5.08. The van der Waals surface area contributed by atoms with E-state index in [0.29, 0.717) is 0 Å². The van der Waals surface area contributed by atoms with Gasteiger partial charge in [-0.2, -0.15) is 24.3 Å². The summed E-state index contributed by atoms with van der Waals surface area (Å²) in [4.78, 5) is 8.37. The Hall–Kier alpha value is -4.01. The number of rotatable bonds is 0. The summed E-state index contributed by atoms with van der Waals surface area (Å²) in [5.74, 6) is 0.537. The molecule has 0 aliphatic carbocycles. The third kappa shape index (κ3) is 3.65. The second-order valence-corrected chi connectivity index (χ2v) is 6.91. The maximum atomic E-state index is 9.82. The number of pyridine rings is 2. The van der Waals surface area contributed by atoms with E-state index in [4.69, 9.17) is 0 Å². The minimum Gasteiger partial charge on any atom is -0.508 e. The van der Waals surface area contributed by atoms with E-state index in [1.165, 1.54) is 0 Å². The molecule has 0 fully saturated rings. The Morgan fingerprint density at radius 3 is 1.39 bits per heavy atom. The molecular formula is C26H16BeN2O2. The average molecular weight is 397 g/mol. The number of nitrogens with zero attached hydrogens (tertiary/aromatic N) is 2. The molecule has 6 aromatic rings. The van der Waals surface area contributed by atoms with Crippen LogP contribution in [-0.4, -0.2) is 30.3 Å². The summed E-state index contributed by atoms with van der Waals surface area (Å²) >= 11 is 0. The molecule has 0 saturated carbocycles. The van der Waals surface area contributed by atoms with Gasteiger partial charge in [0.2, 0.25) is 0 Å². The summed E-state index contributed by atoms with van der Waals surface area (Å²) in [6.07, 6.45) is 5.59. The zero-order chi connectivity index (χ0) is 20.5. The topological polar surface area (TPSA) is 66.2 Å². The smallest absolute Gasteiger partial charge is 0.508 e. The number of aromatic nitrogens is 2. The second kappa shape index (κ2) is 8.39. The van der Waals surface area contributed by atoms with E-state index < -0.39 is 0 Å². The van der Waals surface area contributed by atoms with Crippen LogP contribution in [0.15, 0.2) is 84.9 Å². The summed E-state index contributed by atoms with van der Waals surface area (Å²) < 4.78 is 0. The molecule has 4 aromatic carbocycles. The Kier molecular flexibility index (Phi) is 5.48. The largest absolute Gasteiger partial charge is 2.00 e. The van der Waals surface area contributed by atoms with Gasteiger partial charge in [0.1, 0.15) is 11.5 Å². The van der Waals surface area contributed by atoms with E-state index in [9.17, 15) is 10.2 Å². The molecule has 0 unspecified atom stereocenters. The predicted octanol–water partition coefficient (Wildman–Crippen LogP) is 5.41. The maximum absolute atomic E-state index is 9.82. The molecule has 4 nitrogen and oxygen atoms in total. The Labute approximate surface area is 182 Å². The van der Waals surface area contributed by atoms with Gasteiger partial charge in [0.15, 0.2) is 0 Å². The molecule has 2 N–H and O–H groups in total. The van der Waals surface area contributed by atoms with Gasteiger partial charge in [-0.05, 0) is 44.7 Å². The number of phenols is 2. The maximum Gasteiger partial charge on any atom is 2.00 e. The van der Waals surface area contributed by atoms with Gasteiger partial charge >= 0.3 is 10.1 Å². The van der Waals surface area contributed by atoms with Gasteiger partial charge in [-0.25, -0.2) is 0 Å². The molecule has 0 bridgehead atoms. The molecule has 2 aromatic heterocycles. The zero-order valence-corrected chi connectivity index (χ0v) is 16.6. The van der Waals surface area contributed by atoms with Gasteiger partial charge in [0.05, 0.1) is 0 Å². The summed E-state index contributed by atoms with van der Waals surface area (Å²) in [7, 11) is 0. The van der Waals surface area contributed by atoms with Gasteiger partial charge in [0, 0.05) is 0 Å². The van der Waals surface area contributed by atoms with E-state index in [0.717, 1.165) is 43.4 Å². The fourth-order valence-corrected chi connectivity index (χ4v) is 3.68. The van der Waals surface area contributed by atoms with Crippen LogP contribution in [0.3, 0.4) is 0 Å². The van der Waals surface area contributed by atoms with Crippen molar-refractivity contribution in [3.63, 3.8) is 0 Å². The van der Waals surface area contributed by atoms with Crippen molar-refractivity contribution in [1.82, 2.24) is 9.97 Å². The molecule has 0 saturated heterocycles. The fraction of sp³-hybridized carbons (Fsp3) is 0. The first-order chi connectivity index (χ1) is 14.7. The summed E-state index contributed by atoms with van der Waals surface area (Å²) in [5.41, 5.74) is 1.60. The van der Waals surface area contributed by atoms with Crippen LogP contribution < -0.4 is 0 Å². The second-order valence-electron chi connectivity index (χ2n) is 6.91. The number of hydrogen-bond donors (Lipinski definition) is 2. The molecule has 0 aliphatic rings. The van der Waals surface area contributed by atoms with E-state index in [-0.39, 0.29) is 21.6 Å². The SMILES string of the molecule is Oc1cccc2ccc3cc[c-]nc3c12.Oc1cccc2ccc3cc[c-]nc3c12.[Be+2]. The van der Waals surface area contributed by atoms with Crippen LogP contribution in [0.1, 0.15) is 0 Å². The standard InChI is InChI=1S/2C13H8NO.Be/c2*15-11-5-1-3-9-6-7-10-4-2-8-14-13(10)12(9)11;/h2*1-7,15H;/q2*-1;+2. The Bertz CT molecular complexity index is 1420. The van der Waals surface area contributed by atoms with Gasteiger partial charge in [-0.3, -0.25) is 0 Å². The van der Waals surface area contributed by atoms with Crippen LogP contribution >= 0.6 is 0 Å². The number of aromatic hydroxyl groups is 2. The Morgan fingerprint density at radius 1 is 0.516 bits per heavy atom. The van der Waals surface area contributed by atoms with Gasteiger partial charge in [-0.15, -0.1) is 10.8 Å². The molecule has 31 heavy (non-hydrogen) atoms. The van der Waals surface area contributed by atoms with Crippen molar-refractivity contribution in [3.05, 3.63) is 97.3 Å². The van der Waals surface area contributed by atoms with Crippen molar-refractivity contribution < 1.29 is 10.2 Å². The number of fused-ring (bicyclic) bond motifs is 6. The van der Waals surface area contributed by atoms with Crippen LogP contribution in [-0.2, 0) is 0 Å². The van der Waals surface area contributed by atoms with Crippen molar-refractivity contribution in [2.45, 2.75) is 0 Å². The summed E-state index contributed by atoms with van der Waals surface area (Å²) in [6, 6.07) is 26.3. The quantitative estimate of drug-likeness (QED) is 0.204. The average Bonchev–Trinajstić information content (AvgIpc) is 2.79. The van der Waals surface area contributed by atoms with Crippen molar-refractivity contribution in [1.29, 1.82) is 0 Å². The molecule has 0 radical (unpaired) electrons. The number of phenolic OH excluding ortho intramolecular Hbond substituents is 2.